The van der Waals surface area contributed by atoms with Gasteiger partial charge in [0.05, 0.1) is 11.8 Å². The molecule has 0 radical (unpaired) electrons. The molecule has 0 saturated heterocycles. The Morgan fingerprint density at radius 3 is 2.65 bits per heavy atom. The molecular weight excluding hydrogens is 274 g/mol. The third kappa shape index (κ3) is 4.25. The molecule has 0 saturated carbocycles. The van der Waals surface area contributed by atoms with Gasteiger partial charge in [-0.2, -0.15) is 16.7 Å². The van der Waals surface area contributed by atoms with Crippen LogP contribution in [-0.4, -0.2) is 20.5 Å². The molecule has 1 aromatic carbocycles. The van der Waals surface area contributed by atoms with E-state index in [4.69, 9.17) is 10.3 Å². The highest BCUT2D eigenvalue weighted by molar-refractivity contribution is 7.99. The number of rotatable bonds is 6. The summed E-state index contributed by atoms with van der Waals surface area (Å²) >= 11 is 1.76. The molecule has 108 valence electrons. The van der Waals surface area contributed by atoms with Crippen LogP contribution >= 0.6 is 11.8 Å². The van der Waals surface area contributed by atoms with Gasteiger partial charge in [0.1, 0.15) is 5.75 Å². The van der Waals surface area contributed by atoms with Gasteiger partial charge in [-0.25, -0.2) is 0 Å². The van der Waals surface area contributed by atoms with Gasteiger partial charge in [0.2, 0.25) is 5.89 Å². The number of hydrogen-bond acceptors (Lipinski definition) is 6. The quantitative estimate of drug-likeness (QED) is 0.851. The number of nitrogens with two attached hydrogens (primary N) is 1. The van der Waals surface area contributed by atoms with Crippen LogP contribution < -0.4 is 5.73 Å². The Morgan fingerprint density at radius 2 is 2.00 bits per heavy atom. The molecule has 2 aromatic rings. The van der Waals surface area contributed by atoms with E-state index in [-0.39, 0.29) is 11.8 Å². The number of phenols is 1. The number of aromatic hydroxyl groups is 1. The first-order chi connectivity index (χ1) is 9.54. The Morgan fingerprint density at radius 1 is 1.30 bits per heavy atom. The summed E-state index contributed by atoms with van der Waals surface area (Å²) in [5, 5.41) is 13.7. The van der Waals surface area contributed by atoms with Crippen molar-refractivity contribution in [3.8, 4) is 5.75 Å². The van der Waals surface area contributed by atoms with Crippen LogP contribution in [0.25, 0.3) is 0 Å². The average molecular weight is 293 g/mol. The predicted octanol–water partition coefficient (Wildman–Crippen LogP) is 2.66. The molecular formula is C14H19N3O2S. The van der Waals surface area contributed by atoms with Gasteiger partial charge in [0.15, 0.2) is 5.82 Å². The lowest BCUT2D eigenvalue weighted by atomic mass is 10.1. The summed E-state index contributed by atoms with van der Waals surface area (Å²) in [6.45, 7) is 4.25. The van der Waals surface area contributed by atoms with Crippen LogP contribution in [-0.2, 0) is 12.2 Å². The highest BCUT2D eigenvalue weighted by Crippen LogP contribution is 2.19. The van der Waals surface area contributed by atoms with Gasteiger partial charge in [-0.05, 0) is 29.4 Å². The number of phenolic OH excluding ortho intramolecular Hbond substituents is 1. The smallest absolute Gasteiger partial charge is 0.243 e. The zero-order valence-electron chi connectivity index (χ0n) is 11.6. The lowest BCUT2D eigenvalue weighted by molar-refractivity contribution is 0.351. The minimum absolute atomic E-state index is 0.244. The normalized spacial score (nSPS) is 12.8. The van der Waals surface area contributed by atoms with Crippen LogP contribution in [0.3, 0.4) is 0 Å². The molecule has 6 heteroatoms. The average Bonchev–Trinajstić information content (AvgIpc) is 2.88. The summed E-state index contributed by atoms with van der Waals surface area (Å²) in [4.78, 5) is 4.32. The molecule has 0 bridgehead atoms. The maximum Gasteiger partial charge on any atom is 0.243 e. The summed E-state index contributed by atoms with van der Waals surface area (Å²) in [5.41, 5.74) is 7.09. The molecule has 3 N–H and O–H groups in total. The van der Waals surface area contributed by atoms with Crippen molar-refractivity contribution >= 4 is 11.8 Å². The van der Waals surface area contributed by atoms with Crippen molar-refractivity contribution < 1.29 is 9.63 Å². The molecule has 0 aliphatic rings. The van der Waals surface area contributed by atoms with Crippen LogP contribution in [0.4, 0.5) is 0 Å². The Labute approximate surface area is 122 Å². The molecule has 1 heterocycles. The lowest BCUT2D eigenvalue weighted by Crippen LogP contribution is -2.13. The Hall–Kier alpha value is -1.53. The minimum Gasteiger partial charge on any atom is -0.508 e. The second-order valence-electron chi connectivity index (χ2n) is 4.89. The molecule has 0 aliphatic carbocycles. The second kappa shape index (κ2) is 6.76. The second-order valence-corrected chi connectivity index (χ2v) is 6.45. The molecule has 1 atom stereocenters. The van der Waals surface area contributed by atoms with Crippen molar-refractivity contribution in [3.05, 3.63) is 41.5 Å². The highest BCUT2D eigenvalue weighted by atomic mass is 32.2. The summed E-state index contributed by atoms with van der Waals surface area (Å²) in [7, 11) is 0. The zero-order valence-corrected chi connectivity index (χ0v) is 12.4. The first kappa shape index (κ1) is 14.9. The van der Waals surface area contributed by atoms with E-state index in [1.165, 1.54) is 0 Å². The monoisotopic (exact) mass is 293 g/mol. The third-order valence-corrected chi connectivity index (χ3v) is 3.83. The topological polar surface area (TPSA) is 85.2 Å². The fraction of sp³-hybridized carbons (Fsp3) is 0.429. The van der Waals surface area contributed by atoms with E-state index in [0.717, 1.165) is 11.3 Å². The minimum atomic E-state index is -0.329. The summed E-state index contributed by atoms with van der Waals surface area (Å²) in [6.07, 6.45) is 0.596. The van der Waals surface area contributed by atoms with E-state index in [0.29, 0.717) is 23.4 Å². The summed E-state index contributed by atoms with van der Waals surface area (Å²) < 4.78 is 5.21. The molecule has 0 amide bonds. The third-order valence-electron chi connectivity index (χ3n) is 2.74. The van der Waals surface area contributed by atoms with Gasteiger partial charge in [-0.3, -0.25) is 0 Å². The maximum absolute atomic E-state index is 9.24. The van der Waals surface area contributed by atoms with Gasteiger partial charge in [0, 0.05) is 0 Å². The summed E-state index contributed by atoms with van der Waals surface area (Å²) in [6, 6.07) is 6.62. The highest BCUT2D eigenvalue weighted by Gasteiger charge is 2.15. The maximum atomic E-state index is 9.24. The van der Waals surface area contributed by atoms with Gasteiger partial charge in [0.25, 0.3) is 0 Å². The molecule has 5 nitrogen and oxygen atoms in total. The van der Waals surface area contributed by atoms with Gasteiger partial charge < -0.3 is 15.4 Å². The molecule has 20 heavy (non-hydrogen) atoms. The fourth-order valence-corrected chi connectivity index (χ4v) is 2.29. The first-order valence-electron chi connectivity index (χ1n) is 6.52. The Balaban J connectivity index is 1.95. The molecule has 1 aromatic heterocycles. The van der Waals surface area contributed by atoms with Crippen molar-refractivity contribution in [3.63, 3.8) is 0 Å². The summed E-state index contributed by atoms with van der Waals surface area (Å²) in [5.74, 6) is 2.11. The van der Waals surface area contributed by atoms with Gasteiger partial charge in [-0.15, -0.1) is 0 Å². The van der Waals surface area contributed by atoms with Gasteiger partial charge >= 0.3 is 0 Å². The first-order valence-corrected chi connectivity index (χ1v) is 7.57. The van der Waals surface area contributed by atoms with Crippen LogP contribution in [0.15, 0.2) is 28.8 Å². The van der Waals surface area contributed by atoms with Crippen molar-refractivity contribution in [1.29, 1.82) is 0 Å². The van der Waals surface area contributed by atoms with E-state index in [2.05, 4.69) is 24.0 Å². The number of aromatic nitrogens is 2. The van der Waals surface area contributed by atoms with Crippen LogP contribution in [0, 0.1) is 0 Å². The number of thioether (sulfide) groups is 1. The Bertz CT molecular complexity index is 540. The van der Waals surface area contributed by atoms with Gasteiger partial charge in [-0.1, -0.05) is 31.1 Å². The standard InChI is InChI=1S/C14H19N3O2S/c1-9(2)20-8-13-16-14(19-17-13)12(15)7-10-3-5-11(18)6-4-10/h3-6,9,12,18H,7-8,15H2,1-2H3/t12-/m0/s1. The van der Waals surface area contributed by atoms with E-state index in [1.54, 1.807) is 23.9 Å². The van der Waals surface area contributed by atoms with Crippen LogP contribution in [0.2, 0.25) is 0 Å². The van der Waals surface area contributed by atoms with E-state index >= 15 is 0 Å². The van der Waals surface area contributed by atoms with Crippen molar-refractivity contribution in [2.24, 2.45) is 5.73 Å². The SMILES string of the molecule is CC(C)SCc1noc([C@@H](N)Cc2ccc(O)cc2)n1. The number of nitrogens with zero attached hydrogens (tertiary/aromatic N) is 2. The van der Waals surface area contributed by atoms with Crippen molar-refractivity contribution in [2.45, 2.75) is 37.3 Å². The molecule has 0 unspecified atom stereocenters. The van der Waals surface area contributed by atoms with Crippen LogP contribution in [0.1, 0.15) is 37.2 Å². The Kier molecular flexibility index (Phi) is 5.03. The number of benzene rings is 1. The number of hydrogen-bond donors (Lipinski definition) is 2. The van der Waals surface area contributed by atoms with E-state index < -0.39 is 0 Å². The molecule has 0 fully saturated rings. The van der Waals surface area contributed by atoms with E-state index in [1.807, 2.05) is 12.1 Å². The van der Waals surface area contributed by atoms with Crippen molar-refractivity contribution in [2.75, 3.05) is 0 Å². The van der Waals surface area contributed by atoms with Crippen LogP contribution in [0.5, 0.6) is 5.75 Å². The lowest BCUT2D eigenvalue weighted by Gasteiger charge is -2.06. The zero-order chi connectivity index (χ0) is 14.5. The van der Waals surface area contributed by atoms with E-state index in [9.17, 15) is 5.11 Å². The predicted molar refractivity (Wildman–Crippen MR) is 79.5 cm³/mol. The largest absolute Gasteiger partial charge is 0.508 e. The van der Waals surface area contributed by atoms with Crippen molar-refractivity contribution in [1.82, 2.24) is 10.1 Å². The molecule has 2 rings (SSSR count). The molecule has 0 aliphatic heterocycles. The fourth-order valence-electron chi connectivity index (χ4n) is 1.69. The molecule has 0 spiro atoms.